The molecule has 0 aromatic rings. The highest BCUT2D eigenvalue weighted by atomic mass is 16.6. The van der Waals surface area contributed by atoms with E-state index < -0.39 is 23.9 Å². The second-order valence-corrected chi connectivity index (χ2v) is 21.7. The molecule has 0 aromatic heterocycles. The maximum Gasteiger partial charge on any atom is 0.309 e. The minimum Gasteiger partial charge on any atom is -0.462 e. The van der Waals surface area contributed by atoms with E-state index in [9.17, 15) is 24.0 Å². The number of hydrogen-bond acceptors (Lipinski definition) is 10. The van der Waals surface area contributed by atoms with Crippen LogP contribution in [0.3, 0.4) is 0 Å². The van der Waals surface area contributed by atoms with Gasteiger partial charge in [-0.15, -0.1) is 0 Å². The number of esters is 5. The van der Waals surface area contributed by atoms with Crippen LogP contribution in [0.1, 0.15) is 138 Å². The zero-order chi connectivity index (χ0) is 40.1. The largest absolute Gasteiger partial charge is 0.462 e. The SMILES string of the molecule is CC(=O)OC(C)(C)C.CCC(CC(CC(C)C(=O)OC1CC2CC1C1CCCC21)C(=O)OC1CC2CC1C1C3CCC(C3)C21)C(=O)OC1C2CC3C(=O)OC1C3C2. The Balaban J connectivity index is 0.000000481. The van der Waals surface area contributed by atoms with Crippen LogP contribution in [0.4, 0.5) is 0 Å². The van der Waals surface area contributed by atoms with Gasteiger partial charge in [-0.25, -0.2) is 0 Å². The molecule has 10 fully saturated rings. The van der Waals surface area contributed by atoms with Crippen molar-refractivity contribution >= 4 is 29.8 Å². The Hall–Kier alpha value is -2.65. The highest BCUT2D eigenvalue weighted by molar-refractivity contribution is 5.79. The molecule has 0 radical (unpaired) electrons. The van der Waals surface area contributed by atoms with Crippen molar-refractivity contribution in [3.8, 4) is 0 Å². The van der Waals surface area contributed by atoms with Crippen molar-refractivity contribution in [3.05, 3.63) is 0 Å². The summed E-state index contributed by atoms with van der Waals surface area (Å²) >= 11 is 0. The van der Waals surface area contributed by atoms with E-state index in [1.54, 1.807) is 0 Å². The fraction of sp³-hybridized carbons (Fsp3) is 0.894. The first-order valence-electron chi connectivity index (χ1n) is 23.2. The minimum absolute atomic E-state index is 0.0119. The normalized spacial score (nSPS) is 44.8. The monoisotopic (exact) mass is 792 g/mol. The Morgan fingerprint density at radius 1 is 0.667 bits per heavy atom. The van der Waals surface area contributed by atoms with Crippen molar-refractivity contribution in [2.24, 2.45) is 94.7 Å². The molecule has 0 amide bonds. The van der Waals surface area contributed by atoms with Crippen molar-refractivity contribution in [3.63, 3.8) is 0 Å². The van der Waals surface area contributed by atoms with Crippen molar-refractivity contribution in [2.45, 2.75) is 168 Å². The summed E-state index contributed by atoms with van der Waals surface area (Å²) in [6.07, 6.45) is 14.4. The Morgan fingerprint density at radius 2 is 1.32 bits per heavy atom. The number of carbonyl (C=O) groups excluding carboxylic acids is 5. The minimum atomic E-state index is -0.581. The first kappa shape index (κ1) is 39.8. The second-order valence-electron chi connectivity index (χ2n) is 21.7. The van der Waals surface area contributed by atoms with Gasteiger partial charge >= 0.3 is 29.8 Å². The molecule has 0 spiro atoms. The number of ether oxygens (including phenoxy) is 5. The van der Waals surface area contributed by atoms with Gasteiger partial charge in [0.1, 0.15) is 30.0 Å². The molecule has 20 unspecified atom stereocenters. The van der Waals surface area contributed by atoms with Crippen molar-refractivity contribution in [1.82, 2.24) is 0 Å². The van der Waals surface area contributed by atoms with E-state index in [1.165, 1.54) is 58.3 Å². The predicted molar refractivity (Wildman–Crippen MR) is 207 cm³/mol. The van der Waals surface area contributed by atoms with Crippen molar-refractivity contribution in [2.75, 3.05) is 0 Å². The molecule has 1 saturated heterocycles. The molecule has 0 N–H and O–H groups in total. The van der Waals surface area contributed by atoms with Gasteiger partial charge in [0.05, 0.1) is 23.7 Å². The summed E-state index contributed by atoms with van der Waals surface area (Å²) in [5, 5.41) is 0. The quantitative estimate of drug-likeness (QED) is 0.116. The van der Waals surface area contributed by atoms with E-state index >= 15 is 0 Å². The van der Waals surface area contributed by atoms with E-state index in [0.29, 0.717) is 48.9 Å². The van der Waals surface area contributed by atoms with Crippen LogP contribution in [0.2, 0.25) is 0 Å². The smallest absolute Gasteiger partial charge is 0.309 e. The molecule has 9 saturated carbocycles. The Labute approximate surface area is 339 Å². The van der Waals surface area contributed by atoms with E-state index in [0.717, 1.165) is 55.3 Å². The molecule has 8 bridgehead atoms. The van der Waals surface area contributed by atoms with Crippen LogP contribution < -0.4 is 0 Å². The first-order valence-corrected chi connectivity index (χ1v) is 23.2. The van der Waals surface area contributed by atoms with E-state index in [1.807, 2.05) is 34.6 Å². The van der Waals surface area contributed by atoms with Crippen LogP contribution in [0.5, 0.6) is 0 Å². The molecular weight excluding hydrogens is 725 g/mol. The Kier molecular flexibility index (Phi) is 10.6. The summed E-state index contributed by atoms with van der Waals surface area (Å²) < 4.78 is 29.3. The molecule has 20 atom stereocenters. The molecule has 10 heteroatoms. The standard InChI is InChI=1S/C41H56O8.C6H12O2/c1-3-19(39(43)48-36-24-14-29-30(15-24)41(45)49-37(29)36)10-25(9-18(2)38(42)46-32-16-22-12-28(32)27-6-4-5-26(22)27)40(44)47-33-17-23-13-31(33)35-21-8-7-20(11-21)34(23)35;1-5(7)8-6(2,3)4/h18-37H,3-17H2,1-2H3;1-4H3. The lowest BCUT2D eigenvalue weighted by molar-refractivity contribution is -0.169. The van der Waals surface area contributed by atoms with E-state index in [-0.39, 0.29) is 71.5 Å². The lowest BCUT2D eigenvalue weighted by atomic mass is 9.70. The maximum atomic E-state index is 14.2. The molecule has 10 aliphatic rings. The highest BCUT2D eigenvalue weighted by Gasteiger charge is 2.65. The summed E-state index contributed by atoms with van der Waals surface area (Å²) in [7, 11) is 0. The fourth-order valence-electron chi connectivity index (χ4n) is 15.6. The van der Waals surface area contributed by atoms with Gasteiger partial charge in [-0.1, -0.05) is 20.3 Å². The number of hydrogen-bond donors (Lipinski definition) is 0. The second kappa shape index (κ2) is 15.1. The van der Waals surface area contributed by atoms with Crippen LogP contribution in [0.15, 0.2) is 0 Å². The lowest BCUT2D eigenvalue weighted by Gasteiger charge is -2.38. The maximum absolute atomic E-state index is 14.2. The number of carbonyl (C=O) groups is 5. The molecular formula is C47H68O10. The van der Waals surface area contributed by atoms with Crippen molar-refractivity contribution < 1.29 is 47.7 Å². The molecule has 10 nitrogen and oxygen atoms in total. The summed E-state index contributed by atoms with van der Waals surface area (Å²) in [5.41, 5.74) is -0.328. The van der Waals surface area contributed by atoms with E-state index in [2.05, 4.69) is 0 Å². The Morgan fingerprint density at radius 3 is 2.04 bits per heavy atom. The molecule has 1 aliphatic heterocycles. The molecule has 57 heavy (non-hydrogen) atoms. The summed E-state index contributed by atoms with van der Waals surface area (Å²) in [6.45, 7) is 10.8. The fourth-order valence-corrected chi connectivity index (χ4v) is 15.6. The van der Waals surface area contributed by atoms with E-state index in [4.69, 9.17) is 23.7 Å². The van der Waals surface area contributed by atoms with Gasteiger partial charge in [-0.3, -0.25) is 24.0 Å². The number of rotatable bonds is 11. The van der Waals surface area contributed by atoms with Crippen LogP contribution in [0, 0.1) is 94.7 Å². The van der Waals surface area contributed by atoms with Gasteiger partial charge in [0.15, 0.2) is 0 Å². The summed E-state index contributed by atoms with van der Waals surface area (Å²) in [4.78, 5) is 64.2. The van der Waals surface area contributed by atoms with Gasteiger partial charge < -0.3 is 23.7 Å². The van der Waals surface area contributed by atoms with Crippen LogP contribution in [-0.4, -0.2) is 59.9 Å². The lowest BCUT2D eigenvalue weighted by Crippen LogP contribution is -2.40. The summed E-state index contributed by atoms with van der Waals surface area (Å²) in [6, 6.07) is 0. The number of fused-ring (bicyclic) bond motifs is 15. The van der Waals surface area contributed by atoms with Gasteiger partial charge in [-0.2, -0.15) is 0 Å². The zero-order valence-corrected chi connectivity index (χ0v) is 35.2. The van der Waals surface area contributed by atoms with Crippen LogP contribution in [0.25, 0.3) is 0 Å². The topological polar surface area (TPSA) is 132 Å². The van der Waals surface area contributed by atoms with Gasteiger partial charge in [0, 0.05) is 18.8 Å². The van der Waals surface area contributed by atoms with Crippen LogP contribution >= 0.6 is 0 Å². The average Bonchev–Trinajstić information content (AvgIpc) is 3.99. The Bertz CT molecular complexity index is 1600. The molecule has 9 aliphatic carbocycles. The molecule has 0 aromatic carbocycles. The third kappa shape index (κ3) is 7.24. The molecule has 1 heterocycles. The zero-order valence-electron chi connectivity index (χ0n) is 35.2. The average molecular weight is 793 g/mol. The highest BCUT2D eigenvalue weighted by Crippen LogP contribution is 2.68. The third-order valence-electron chi connectivity index (χ3n) is 17.5. The van der Waals surface area contributed by atoms with Crippen molar-refractivity contribution in [1.29, 1.82) is 0 Å². The first-order chi connectivity index (χ1) is 27.2. The van der Waals surface area contributed by atoms with Crippen LogP contribution in [-0.2, 0) is 47.7 Å². The van der Waals surface area contributed by atoms with Gasteiger partial charge in [0.2, 0.25) is 0 Å². The third-order valence-corrected chi connectivity index (χ3v) is 17.5. The van der Waals surface area contributed by atoms with Gasteiger partial charge in [0.25, 0.3) is 0 Å². The predicted octanol–water partition coefficient (Wildman–Crippen LogP) is 7.87. The molecule has 10 rings (SSSR count). The summed E-state index contributed by atoms with van der Waals surface area (Å²) in [5.74, 6) is 4.80. The molecule has 316 valence electrons. The van der Waals surface area contributed by atoms with Gasteiger partial charge in [-0.05, 0) is 170 Å².